The first-order valence-corrected chi connectivity index (χ1v) is 11.5. The molecule has 0 saturated heterocycles. The molecule has 8 heteroatoms. The number of nitrogens with one attached hydrogen (secondary N) is 1. The molecule has 0 aliphatic carbocycles. The Kier molecular flexibility index (Phi) is 6.65. The van der Waals surface area contributed by atoms with E-state index in [1.807, 2.05) is 72.8 Å². The van der Waals surface area contributed by atoms with Crippen molar-refractivity contribution in [3.8, 4) is 40.0 Å². The lowest BCUT2D eigenvalue weighted by Gasteiger charge is -2.13. The molecule has 184 valence electrons. The van der Waals surface area contributed by atoms with E-state index < -0.39 is 11.9 Å². The Morgan fingerprint density at radius 3 is 2.21 bits per heavy atom. The number of nitrogens with zero attached hydrogens (tertiary/aromatic N) is 2. The Labute approximate surface area is 217 Å². The van der Waals surface area contributed by atoms with E-state index in [1.54, 1.807) is 12.1 Å². The lowest BCUT2D eigenvalue weighted by molar-refractivity contribution is 0.0698. The number of para-hydroxylation sites is 2. The number of anilines is 1. The van der Waals surface area contributed by atoms with Crippen LogP contribution in [0.15, 0.2) is 108 Å². The molecule has 0 spiro atoms. The number of rotatable bonds is 7. The van der Waals surface area contributed by atoms with Crippen LogP contribution in [0.2, 0.25) is 0 Å². The van der Waals surface area contributed by atoms with E-state index in [2.05, 4.69) is 10.5 Å². The first-order valence-electron chi connectivity index (χ1n) is 11.5. The monoisotopic (exact) mass is 501 g/mol. The summed E-state index contributed by atoms with van der Waals surface area (Å²) in [6, 6.07) is 32.0. The molecule has 4 aromatic carbocycles. The van der Waals surface area contributed by atoms with Crippen LogP contribution in [0.3, 0.4) is 0 Å². The second-order valence-electron chi connectivity index (χ2n) is 8.17. The summed E-state index contributed by atoms with van der Waals surface area (Å²) in [6.45, 7) is 0. The van der Waals surface area contributed by atoms with Gasteiger partial charge in [-0.15, -0.1) is 0 Å². The van der Waals surface area contributed by atoms with Crippen molar-refractivity contribution in [2.45, 2.75) is 0 Å². The molecule has 0 atom stereocenters. The van der Waals surface area contributed by atoms with Crippen LogP contribution in [-0.4, -0.2) is 22.1 Å². The minimum absolute atomic E-state index is 0.0345. The summed E-state index contributed by atoms with van der Waals surface area (Å²) < 4.78 is 11.8. The first-order chi connectivity index (χ1) is 18.5. The molecular weight excluding hydrogens is 482 g/mol. The zero-order chi connectivity index (χ0) is 26.5. The second-order valence-corrected chi connectivity index (χ2v) is 8.17. The molecule has 0 saturated carbocycles. The highest BCUT2D eigenvalue weighted by atomic mass is 16.5. The third-order valence-corrected chi connectivity index (χ3v) is 5.71. The summed E-state index contributed by atoms with van der Waals surface area (Å²) in [4.78, 5) is 24.4. The van der Waals surface area contributed by atoms with E-state index in [0.717, 1.165) is 11.1 Å². The van der Waals surface area contributed by atoms with Crippen molar-refractivity contribution in [1.29, 1.82) is 5.26 Å². The Morgan fingerprint density at radius 1 is 0.842 bits per heavy atom. The van der Waals surface area contributed by atoms with Gasteiger partial charge in [-0.05, 0) is 42.0 Å². The van der Waals surface area contributed by atoms with Gasteiger partial charge in [0.1, 0.15) is 11.5 Å². The molecule has 5 rings (SSSR count). The van der Waals surface area contributed by atoms with Crippen molar-refractivity contribution in [2.75, 3.05) is 5.32 Å². The van der Waals surface area contributed by atoms with Gasteiger partial charge in [0.05, 0.1) is 28.4 Å². The van der Waals surface area contributed by atoms with Gasteiger partial charge in [-0.25, -0.2) is 4.79 Å². The van der Waals surface area contributed by atoms with Gasteiger partial charge in [-0.1, -0.05) is 65.8 Å². The Bertz CT molecular complexity index is 1690. The fraction of sp³-hybridized carbons (Fsp3) is 0. The lowest BCUT2D eigenvalue weighted by atomic mass is 10.0. The zero-order valence-electron chi connectivity index (χ0n) is 19.8. The van der Waals surface area contributed by atoms with Crippen LogP contribution in [0.4, 0.5) is 5.69 Å². The zero-order valence-corrected chi connectivity index (χ0v) is 19.8. The van der Waals surface area contributed by atoms with Gasteiger partial charge in [-0.2, -0.15) is 5.26 Å². The van der Waals surface area contributed by atoms with Gasteiger partial charge in [-0.3, -0.25) is 4.79 Å². The standard InChI is InChI=1S/C30H19N3O5/c31-18-19-14-15-24(23(16-19)30(35)36)32-29(34)25-17-28(38-33-25)22-11-5-7-13-27(22)37-26-12-6-4-10-21(26)20-8-2-1-3-9-20/h1-17H,(H,32,34)(H,35,36). The van der Waals surface area contributed by atoms with Crippen LogP contribution >= 0.6 is 0 Å². The summed E-state index contributed by atoms with van der Waals surface area (Å²) in [5.74, 6) is -0.508. The molecule has 8 nitrogen and oxygen atoms in total. The molecule has 0 bridgehead atoms. The number of hydrogen-bond donors (Lipinski definition) is 2. The van der Waals surface area contributed by atoms with Crippen molar-refractivity contribution in [1.82, 2.24) is 5.16 Å². The number of aromatic carboxylic acids is 1. The lowest BCUT2D eigenvalue weighted by Crippen LogP contribution is -2.15. The fourth-order valence-electron chi connectivity index (χ4n) is 3.88. The number of nitriles is 1. The number of carbonyl (C=O) groups excluding carboxylic acids is 1. The summed E-state index contributed by atoms with van der Waals surface area (Å²) in [6.07, 6.45) is 0. The maximum absolute atomic E-state index is 12.8. The molecule has 1 amide bonds. The maximum Gasteiger partial charge on any atom is 0.337 e. The fourth-order valence-corrected chi connectivity index (χ4v) is 3.88. The molecule has 0 radical (unpaired) electrons. The quantitative estimate of drug-likeness (QED) is 0.257. The van der Waals surface area contributed by atoms with Crippen LogP contribution < -0.4 is 10.1 Å². The Balaban J connectivity index is 1.42. The van der Waals surface area contributed by atoms with Gasteiger partial charge >= 0.3 is 5.97 Å². The highest BCUT2D eigenvalue weighted by Crippen LogP contribution is 2.38. The van der Waals surface area contributed by atoms with Gasteiger partial charge < -0.3 is 19.7 Å². The predicted molar refractivity (Wildman–Crippen MR) is 140 cm³/mol. The number of ether oxygens (including phenoxy) is 1. The smallest absolute Gasteiger partial charge is 0.337 e. The molecule has 2 N–H and O–H groups in total. The highest BCUT2D eigenvalue weighted by molar-refractivity contribution is 6.07. The highest BCUT2D eigenvalue weighted by Gasteiger charge is 2.20. The van der Waals surface area contributed by atoms with Crippen LogP contribution in [-0.2, 0) is 0 Å². The van der Waals surface area contributed by atoms with E-state index in [9.17, 15) is 14.7 Å². The minimum Gasteiger partial charge on any atom is -0.478 e. The van der Waals surface area contributed by atoms with E-state index in [4.69, 9.17) is 14.5 Å². The van der Waals surface area contributed by atoms with E-state index in [0.29, 0.717) is 22.8 Å². The van der Waals surface area contributed by atoms with Crippen molar-refractivity contribution >= 4 is 17.6 Å². The number of aromatic nitrogens is 1. The molecule has 0 aliphatic heterocycles. The third-order valence-electron chi connectivity index (χ3n) is 5.71. The molecule has 1 aromatic heterocycles. The van der Waals surface area contributed by atoms with Crippen molar-refractivity contribution in [3.63, 3.8) is 0 Å². The molecule has 0 unspecified atom stereocenters. The molecular formula is C30H19N3O5. The largest absolute Gasteiger partial charge is 0.478 e. The van der Waals surface area contributed by atoms with Gasteiger partial charge in [0, 0.05) is 11.6 Å². The normalized spacial score (nSPS) is 10.4. The maximum atomic E-state index is 12.8. The SMILES string of the molecule is N#Cc1ccc(NC(=O)c2cc(-c3ccccc3Oc3ccccc3-c3ccccc3)on2)c(C(=O)O)c1. The predicted octanol–water partition coefficient (Wildman–Crippen LogP) is 6.62. The topological polar surface area (TPSA) is 125 Å². The number of hydrogen-bond acceptors (Lipinski definition) is 6. The second kappa shape index (κ2) is 10.5. The molecule has 38 heavy (non-hydrogen) atoms. The van der Waals surface area contributed by atoms with Gasteiger partial charge in [0.15, 0.2) is 11.5 Å². The van der Waals surface area contributed by atoms with Crippen molar-refractivity contribution in [2.24, 2.45) is 0 Å². The van der Waals surface area contributed by atoms with E-state index >= 15 is 0 Å². The van der Waals surface area contributed by atoms with Crippen molar-refractivity contribution < 1.29 is 24.0 Å². The first kappa shape index (κ1) is 24.0. The summed E-state index contributed by atoms with van der Waals surface area (Å²) in [5, 5.41) is 24.9. The molecule has 0 aliphatic rings. The number of carboxylic acid groups (broad SMARTS) is 1. The number of benzene rings is 4. The summed E-state index contributed by atoms with van der Waals surface area (Å²) in [5.41, 5.74) is 2.42. The van der Waals surface area contributed by atoms with Crippen molar-refractivity contribution in [3.05, 3.63) is 120 Å². The average Bonchev–Trinajstić information content (AvgIpc) is 3.45. The summed E-state index contributed by atoms with van der Waals surface area (Å²) in [7, 11) is 0. The number of carboxylic acids is 1. The summed E-state index contributed by atoms with van der Waals surface area (Å²) >= 11 is 0. The minimum atomic E-state index is -1.28. The Hall–Kier alpha value is -5.68. The molecule has 0 fully saturated rings. The van der Waals surface area contributed by atoms with Crippen LogP contribution in [0.5, 0.6) is 11.5 Å². The number of amides is 1. The third kappa shape index (κ3) is 4.98. The van der Waals surface area contributed by atoms with Crippen LogP contribution in [0.1, 0.15) is 26.4 Å². The molecule has 5 aromatic rings. The Morgan fingerprint density at radius 2 is 1.50 bits per heavy atom. The van der Waals surface area contributed by atoms with E-state index in [1.165, 1.54) is 24.3 Å². The van der Waals surface area contributed by atoms with E-state index in [-0.39, 0.29) is 22.5 Å². The van der Waals surface area contributed by atoms with Gasteiger partial charge in [0.2, 0.25) is 0 Å². The van der Waals surface area contributed by atoms with Crippen LogP contribution in [0, 0.1) is 11.3 Å². The number of carbonyl (C=O) groups is 2. The average molecular weight is 501 g/mol. The van der Waals surface area contributed by atoms with Gasteiger partial charge in [0.25, 0.3) is 5.91 Å². The molecule has 1 heterocycles. The van der Waals surface area contributed by atoms with Crippen LogP contribution in [0.25, 0.3) is 22.5 Å².